The van der Waals surface area contributed by atoms with Gasteiger partial charge in [0.25, 0.3) is 10.0 Å². The molecule has 0 aliphatic carbocycles. The smallest absolute Gasteiger partial charge is 0.265 e. The SMILES string of the molecule is CC(=O)Nc1ccc(Cl)c(NS(=O)(=O)c2cc(Cl)cc(Cl)c2O)c1. The zero-order valence-corrected chi connectivity index (χ0v) is 15.2. The molecule has 0 bridgehead atoms. The fourth-order valence-electron chi connectivity index (χ4n) is 1.83. The predicted molar refractivity (Wildman–Crippen MR) is 94.7 cm³/mol. The number of amides is 1. The number of halogens is 3. The van der Waals surface area contributed by atoms with Crippen molar-refractivity contribution >= 4 is 62.1 Å². The lowest BCUT2D eigenvalue weighted by Crippen LogP contribution is -2.14. The van der Waals surface area contributed by atoms with E-state index in [2.05, 4.69) is 10.0 Å². The molecule has 0 aliphatic heterocycles. The minimum atomic E-state index is -4.22. The zero-order valence-electron chi connectivity index (χ0n) is 12.1. The molecule has 24 heavy (non-hydrogen) atoms. The number of anilines is 2. The van der Waals surface area contributed by atoms with E-state index < -0.39 is 20.7 Å². The van der Waals surface area contributed by atoms with E-state index in [1.54, 1.807) is 0 Å². The Balaban J connectivity index is 2.45. The summed E-state index contributed by atoms with van der Waals surface area (Å²) in [6.45, 7) is 1.31. The maximum Gasteiger partial charge on any atom is 0.265 e. The van der Waals surface area contributed by atoms with Gasteiger partial charge >= 0.3 is 0 Å². The van der Waals surface area contributed by atoms with Gasteiger partial charge in [-0.05, 0) is 30.3 Å². The number of aromatic hydroxyl groups is 1. The molecule has 0 unspecified atom stereocenters. The number of carbonyl (C=O) groups is 1. The summed E-state index contributed by atoms with van der Waals surface area (Å²) in [4.78, 5) is 10.6. The van der Waals surface area contributed by atoms with E-state index in [0.717, 1.165) is 6.07 Å². The Morgan fingerprint density at radius 3 is 2.38 bits per heavy atom. The van der Waals surface area contributed by atoms with Gasteiger partial charge < -0.3 is 10.4 Å². The average Bonchev–Trinajstić information content (AvgIpc) is 2.45. The van der Waals surface area contributed by atoms with Gasteiger partial charge in [0.2, 0.25) is 5.91 Å². The Hall–Kier alpha value is -1.67. The summed E-state index contributed by atoms with van der Waals surface area (Å²) in [5.74, 6) is -0.965. The molecule has 0 fully saturated rings. The number of hydrogen-bond acceptors (Lipinski definition) is 4. The third-order valence-corrected chi connectivity index (χ3v) is 5.03. The van der Waals surface area contributed by atoms with Gasteiger partial charge in [-0.2, -0.15) is 0 Å². The summed E-state index contributed by atoms with van der Waals surface area (Å²) in [5, 5.41) is 12.3. The highest BCUT2D eigenvalue weighted by atomic mass is 35.5. The van der Waals surface area contributed by atoms with Crippen LogP contribution in [-0.4, -0.2) is 19.4 Å². The van der Waals surface area contributed by atoms with E-state index in [-0.39, 0.29) is 26.7 Å². The molecule has 0 spiro atoms. The first-order valence-corrected chi connectivity index (χ1v) is 9.00. The molecule has 0 radical (unpaired) electrons. The number of phenolic OH excluding ortho intramolecular Hbond substituents is 1. The van der Waals surface area contributed by atoms with Crippen LogP contribution in [0, 0.1) is 0 Å². The van der Waals surface area contributed by atoms with Crippen molar-refractivity contribution in [1.29, 1.82) is 0 Å². The molecule has 0 heterocycles. The standard InChI is InChI=1S/C14H11Cl3N2O4S/c1-7(20)18-9-2-3-10(16)12(6-9)19-24(22,23)13-5-8(15)4-11(17)14(13)21/h2-6,19,21H,1H3,(H,18,20). The van der Waals surface area contributed by atoms with Crippen molar-refractivity contribution in [2.45, 2.75) is 11.8 Å². The third kappa shape index (κ3) is 4.24. The monoisotopic (exact) mass is 408 g/mol. The molecule has 0 saturated heterocycles. The van der Waals surface area contributed by atoms with Crippen molar-refractivity contribution in [3.63, 3.8) is 0 Å². The summed E-state index contributed by atoms with van der Waals surface area (Å²) in [6.07, 6.45) is 0. The highest BCUT2D eigenvalue weighted by molar-refractivity contribution is 7.92. The average molecular weight is 410 g/mol. The second kappa shape index (κ2) is 7.06. The first-order valence-electron chi connectivity index (χ1n) is 6.38. The Kier molecular flexibility index (Phi) is 5.49. The van der Waals surface area contributed by atoms with Crippen LogP contribution in [0.5, 0.6) is 5.75 Å². The number of rotatable bonds is 4. The van der Waals surface area contributed by atoms with E-state index >= 15 is 0 Å². The highest BCUT2D eigenvalue weighted by Crippen LogP contribution is 2.36. The van der Waals surface area contributed by atoms with Crippen LogP contribution in [0.25, 0.3) is 0 Å². The van der Waals surface area contributed by atoms with Crippen molar-refractivity contribution in [1.82, 2.24) is 0 Å². The number of benzene rings is 2. The molecule has 0 aliphatic rings. The van der Waals surface area contributed by atoms with Crippen molar-refractivity contribution in [3.05, 3.63) is 45.4 Å². The van der Waals surface area contributed by atoms with Crippen LogP contribution in [0.3, 0.4) is 0 Å². The molecule has 0 saturated carbocycles. The summed E-state index contributed by atoms with van der Waals surface area (Å²) in [6, 6.07) is 6.52. The van der Waals surface area contributed by atoms with Gasteiger partial charge in [0.15, 0.2) is 5.75 Å². The van der Waals surface area contributed by atoms with Crippen molar-refractivity contribution < 1.29 is 18.3 Å². The van der Waals surface area contributed by atoms with Gasteiger partial charge in [0.1, 0.15) is 4.90 Å². The van der Waals surface area contributed by atoms with Crippen LogP contribution in [-0.2, 0) is 14.8 Å². The summed E-state index contributed by atoms with van der Waals surface area (Å²) in [5.41, 5.74) is 0.358. The number of carbonyl (C=O) groups excluding carboxylic acids is 1. The molecule has 10 heteroatoms. The van der Waals surface area contributed by atoms with Crippen LogP contribution in [0.15, 0.2) is 35.2 Å². The molecule has 128 valence electrons. The molecule has 3 N–H and O–H groups in total. The minimum Gasteiger partial charge on any atom is -0.505 e. The molecule has 6 nitrogen and oxygen atoms in total. The van der Waals surface area contributed by atoms with Crippen LogP contribution in [0.2, 0.25) is 15.1 Å². The molecule has 2 aromatic rings. The van der Waals surface area contributed by atoms with E-state index in [9.17, 15) is 18.3 Å². The van der Waals surface area contributed by atoms with E-state index in [0.29, 0.717) is 5.69 Å². The molecule has 1 amide bonds. The molecular formula is C14H11Cl3N2O4S. The van der Waals surface area contributed by atoms with Gasteiger partial charge in [0, 0.05) is 17.6 Å². The fourth-order valence-corrected chi connectivity index (χ4v) is 3.88. The number of hydrogen-bond donors (Lipinski definition) is 3. The minimum absolute atomic E-state index is 0.0124. The van der Waals surface area contributed by atoms with Crippen LogP contribution in [0.1, 0.15) is 6.92 Å². The molecule has 2 aromatic carbocycles. The summed E-state index contributed by atoms with van der Waals surface area (Å²) >= 11 is 17.5. The maximum atomic E-state index is 12.5. The van der Waals surface area contributed by atoms with Gasteiger partial charge in [-0.3, -0.25) is 9.52 Å². The topological polar surface area (TPSA) is 95.5 Å². The Labute approximate surface area is 153 Å². The number of phenols is 1. The van der Waals surface area contributed by atoms with Gasteiger partial charge in [-0.1, -0.05) is 34.8 Å². The Morgan fingerprint density at radius 1 is 1.08 bits per heavy atom. The third-order valence-electron chi connectivity index (χ3n) is 2.81. The largest absolute Gasteiger partial charge is 0.505 e. The van der Waals surface area contributed by atoms with Crippen molar-refractivity contribution in [2.75, 3.05) is 10.0 Å². The van der Waals surface area contributed by atoms with Crippen LogP contribution in [0.4, 0.5) is 11.4 Å². The summed E-state index contributed by atoms with van der Waals surface area (Å²) < 4.78 is 27.2. The second-order valence-corrected chi connectivity index (χ2v) is 7.62. The molecular weight excluding hydrogens is 399 g/mol. The number of nitrogens with one attached hydrogen (secondary N) is 2. The predicted octanol–water partition coefficient (Wildman–Crippen LogP) is 4.11. The summed E-state index contributed by atoms with van der Waals surface area (Å²) in [7, 11) is -4.22. The number of sulfonamides is 1. The van der Waals surface area contributed by atoms with Crippen molar-refractivity contribution in [3.8, 4) is 5.75 Å². The molecule has 2 rings (SSSR count). The first-order chi connectivity index (χ1) is 11.1. The lowest BCUT2D eigenvalue weighted by molar-refractivity contribution is -0.114. The normalized spacial score (nSPS) is 11.2. The van der Waals surface area contributed by atoms with E-state index in [1.165, 1.54) is 31.2 Å². The second-order valence-electron chi connectivity index (χ2n) is 4.72. The Morgan fingerprint density at radius 2 is 1.75 bits per heavy atom. The molecule has 0 aromatic heterocycles. The van der Waals surface area contributed by atoms with Crippen LogP contribution >= 0.6 is 34.8 Å². The zero-order chi connectivity index (χ0) is 18.1. The van der Waals surface area contributed by atoms with E-state index in [1.807, 2.05) is 0 Å². The van der Waals surface area contributed by atoms with Gasteiger partial charge in [-0.15, -0.1) is 0 Å². The lowest BCUT2D eigenvalue weighted by atomic mass is 10.3. The Bertz CT molecular complexity index is 916. The van der Waals surface area contributed by atoms with E-state index in [4.69, 9.17) is 34.8 Å². The van der Waals surface area contributed by atoms with Crippen LogP contribution < -0.4 is 10.0 Å². The van der Waals surface area contributed by atoms with Gasteiger partial charge in [-0.25, -0.2) is 8.42 Å². The lowest BCUT2D eigenvalue weighted by Gasteiger charge is -2.13. The quantitative estimate of drug-likeness (QED) is 0.708. The van der Waals surface area contributed by atoms with Crippen molar-refractivity contribution in [2.24, 2.45) is 0 Å². The fraction of sp³-hybridized carbons (Fsp3) is 0.0714. The first kappa shape index (κ1) is 18.7. The maximum absolute atomic E-state index is 12.5. The highest BCUT2D eigenvalue weighted by Gasteiger charge is 2.23. The van der Waals surface area contributed by atoms with Gasteiger partial charge in [0.05, 0.1) is 15.7 Å². The molecule has 0 atom stereocenters.